The average molecular weight is 262 g/mol. The molecule has 6 heteroatoms. The van der Waals surface area contributed by atoms with Gasteiger partial charge in [-0.2, -0.15) is 0 Å². The summed E-state index contributed by atoms with van der Waals surface area (Å²) < 4.78 is 0. The van der Waals surface area contributed by atoms with Crippen LogP contribution in [0.2, 0.25) is 10.3 Å². The number of hydrogen-bond donors (Lipinski definition) is 2. The highest BCUT2D eigenvalue weighted by Crippen LogP contribution is 2.26. The molecule has 1 amide bonds. The number of aromatic nitrogens is 1. The van der Waals surface area contributed by atoms with Gasteiger partial charge in [0.25, 0.3) is 0 Å². The molecule has 0 radical (unpaired) electrons. The van der Waals surface area contributed by atoms with Crippen LogP contribution in [0.15, 0.2) is 6.07 Å². The molecule has 88 valence electrons. The first-order valence-electron chi connectivity index (χ1n) is 4.84. The van der Waals surface area contributed by atoms with Gasteiger partial charge in [0.15, 0.2) is 5.15 Å². The molecule has 0 bridgehead atoms. The van der Waals surface area contributed by atoms with Gasteiger partial charge in [-0.05, 0) is 25.0 Å². The lowest BCUT2D eigenvalue weighted by Gasteiger charge is -2.13. The van der Waals surface area contributed by atoms with Crippen molar-refractivity contribution in [3.05, 3.63) is 21.9 Å². The van der Waals surface area contributed by atoms with Crippen LogP contribution in [0.5, 0.6) is 0 Å². The summed E-state index contributed by atoms with van der Waals surface area (Å²) in [5, 5.41) is 3.10. The molecule has 0 aromatic carbocycles. The van der Waals surface area contributed by atoms with E-state index in [1.807, 2.05) is 6.92 Å². The number of hydrogen-bond acceptors (Lipinski definition) is 3. The van der Waals surface area contributed by atoms with Gasteiger partial charge in [0.05, 0.1) is 11.7 Å². The topological polar surface area (TPSA) is 68.0 Å². The van der Waals surface area contributed by atoms with Crippen molar-refractivity contribution in [3.63, 3.8) is 0 Å². The summed E-state index contributed by atoms with van der Waals surface area (Å²) in [5.74, 6) is -0.281. The maximum atomic E-state index is 11.6. The summed E-state index contributed by atoms with van der Waals surface area (Å²) in [6.45, 7) is 3.62. The van der Waals surface area contributed by atoms with Crippen molar-refractivity contribution in [1.82, 2.24) is 4.98 Å². The first kappa shape index (κ1) is 13.2. The Labute approximate surface area is 104 Å². The van der Waals surface area contributed by atoms with E-state index in [2.05, 4.69) is 10.3 Å². The Kier molecular flexibility index (Phi) is 4.53. The number of carbonyl (C=O) groups excluding carboxylic acids is 1. The normalized spacial score (nSPS) is 12.3. The summed E-state index contributed by atoms with van der Waals surface area (Å²) in [6.07, 6.45) is 0.559. The predicted octanol–water partition coefficient (Wildman–Crippen LogP) is 2.37. The van der Waals surface area contributed by atoms with Gasteiger partial charge in [-0.3, -0.25) is 4.79 Å². The van der Waals surface area contributed by atoms with Crippen LogP contribution in [0.3, 0.4) is 0 Å². The zero-order chi connectivity index (χ0) is 12.3. The van der Waals surface area contributed by atoms with E-state index in [0.717, 1.165) is 5.56 Å². The predicted molar refractivity (Wildman–Crippen MR) is 65.9 cm³/mol. The van der Waals surface area contributed by atoms with Crippen LogP contribution >= 0.6 is 23.2 Å². The monoisotopic (exact) mass is 261 g/mol. The van der Waals surface area contributed by atoms with Gasteiger partial charge in [-0.1, -0.05) is 30.1 Å². The maximum absolute atomic E-state index is 11.6. The Morgan fingerprint density at radius 3 is 2.75 bits per heavy atom. The molecule has 16 heavy (non-hydrogen) atoms. The molecule has 4 nitrogen and oxygen atoms in total. The Morgan fingerprint density at radius 2 is 2.25 bits per heavy atom. The van der Waals surface area contributed by atoms with E-state index in [9.17, 15) is 4.79 Å². The van der Waals surface area contributed by atoms with E-state index in [1.54, 1.807) is 13.0 Å². The number of pyridine rings is 1. The summed E-state index contributed by atoms with van der Waals surface area (Å²) >= 11 is 11.6. The number of nitrogens with zero attached hydrogens (tertiary/aromatic N) is 1. The van der Waals surface area contributed by atoms with Gasteiger partial charge in [0.2, 0.25) is 5.91 Å². The van der Waals surface area contributed by atoms with Crippen molar-refractivity contribution in [2.75, 3.05) is 5.32 Å². The Bertz CT molecular complexity index is 386. The molecule has 1 aromatic rings. The molecule has 0 saturated carbocycles. The molecule has 1 heterocycles. The van der Waals surface area contributed by atoms with Crippen molar-refractivity contribution in [2.24, 2.45) is 5.73 Å². The highest BCUT2D eigenvalue weighted by atomic mass is 35.5. The number of halogens is 2. The lowest BCUT2D eigenvalue weighted by atomic mass is 10.2. The number of carbonyl (C=O) groups is 1. The summed E-state index contributed by atoms with van der Waals surface area (Å²) in [6, 6.07) is 1.08. The Morgan fingerprint density at radius 1 is 1.62 bits per heavy atom. The molecule has 0 saturated heterocycles. The van der Waals surface area contributed by atoms with Crippen LogP contribution in [0.25, 0.3) is 0 Å². The van der Waals surface area contributed by atoms with Crippen LogP contribution in [-0.4, -0.2) is 16.9 Å². The van der Waals surface area contributed by atoms with Crippen LogP contribution in [0.4, 0.5) is 5.69 Å². The zero-order valence-corrected chi connectivity index (χ0v) is 10.6. The van der Waals surface area contributed by atoms with E-state index in [0.29, 0.717) is 17.3 Å². The molecule has 0 fully saturated rings. The van der Waals surface area contributed by atoms with Crippen LogP contribution in [0, 0.1) is 6.92 Å². The summed E-state index contributed by atoms with van der Waals surface area (Å²) in [5.41, 5.74) is 6.80. The number of anilines is 1. The van der Waals surface area contributed by atoms with Crippen LogP contribution < -0.4 is 11.1 Å². The fraction of sp³-hybridized carbons (Fsp3) is 0.400. The lowest BCUT2D eigenvalue weighted by Crippen LogP contribution is -2.35. The third-order valence-electron chi connectivity index (χ3n) is 2.17. The van der Waals surface area contributed by atoms with Crippen molar-refractivity contribution in [3.8, 4) is 0 Å². The fourth-order valence-electron chi connectivity index (χ4n) is 1.15. The summed E-state index contributed by atoms with van der Waals surface area (Å²) in [7, 11) is 0. The third-order valence-corrected chi connectivity index (χ3v) is 2.63. The SMILES string of the molecule is CCC(N)C(=O)Nc1c(C)cc(Cl)nc1Cl. The molecule has 0 aliphatic heterocycles. The Hall–Kier alpha value is -0.840. The minimum Gasteiger partial charge on any atom is -0.322 e. The third kappa shape index (κ3) is 3.07. The molecule has 1 aromatic heterocycles. The second-order valence-corrected chi connectivity index (χ2v) is 4.18. The van der Waals surface area contributed by atoms with Gasteiger partial charge in [-0.15, -0.1) is 0 Å². The molecule has 1 atom stereocenters. The summed E-state index contributed by atoms with van der Waals surface area (Å²) in [4.78, 5) is 15.4. The van der Waals surface area contributed by atoms with E-state index >= 15 is 0 Å². The molecule has 1 unspecified atom stereocenters. The van der Waals surface area contributed by atoms with E-state index in [4.69, 9.17) is 28.9 Å². The van der Waals surface area contributed by atoms with Gasteiger partial charge in [-0.25, -0.2) is 4.98 Å². The largest absolute Gasteiger partial charge is 0.322 e. The minimum absolute atomic E-state index is 0.168. The second kappa shape index (κ2) is 5.48. The quantitative estimate of drug-likeness (QED) is 0.822. The number of amides is 1. The van der Waals surface area contributed by atoms with E-state index in [-0.39, 0.29) is 11.1 Å². The van der Waals surface area contributed by atoms with Crippen molar-refractivity contribution in [2.45, 2.75) is 26.3 Å². The van der Waals surface area contributed by atoms with Gasteiger partial charge in [0, 0.05) is 0 Å². The number of nitrogens with two attached hydrogens (primary N) is 1. The van der Waals surface area contributed by atoms with Crippen molar-refractivity contribution < 1.29 is 4.79 Å². The number of rotatable bonds is 3. The smallest absolute Gasteiger partial charge is 0.241 e. The zero-order valence-electron chi connectivity index (χ0n) is 9.05. The number of nitrogens with one attached hydrogen (secondary N) is 1. The molecule has 1 rings (SSSR count). The minimum atomic E-state index is -0.550. The molecular weight excluding hydrogens is 249 g/mol. The van der Waals surface area contributed by atoms with E-state index in [1.165, 1.54) is 0 Å². The molecular formula is C10H13Cl2N3O. The highest BCUT2D eigenvalue weighted by molar-refractivity contribution is 6.34. The first-order valence-corrected chi connectivity index (χ1v) is 5.60. The first-order chi connectivity index (χ1) is 7.45. The standard InChI is InChI=1S/C10H13Cl2N3O/c1-3-6(13)10(16)15-8-5(2)4-7(11)14-9(8)12/h4,6H,3,13H2,1-2H3,(H,15,16). The maximum Gasteiger partial charge on any atom is 0.241 e. The molecule has 3 N–H and O–H groups in total. The van der Waals surface area contributed by atoms with Gasteiger partial charge in [0.1, 0.15) is 5.15 Å². The fourth-order valence-corrected chi connectivity index (χ4v) is 1.73. The van der Waals surface area contributed by atoms with E-state index < -0.39 is 6.04 Å². The highest BCUT2D eigenvalue weighted by Gasteiger charge is 2.15. The van der Waals surface area contributed by atoms with Gasteiger partial charge < -0.3 is 11.1 Å². The van der Waals surface area contributed by atoms with Crippen LogP contribution in [-0.2, 0) is 4.79 Å². The van der Waals surface area contributed by atoms with Crippen molar-refractivity contribution in [1.29, 1.82) is 0 Å². The van der Waals surface area contributed by atoms with Crippen LogP contribution in [0.1, 0.15) is 18.9 Å². The van der Waals surface area contributed by atoms with Gasteiger partial charge >= 0.3 is 0 Å². The number of aryl methyl sites for hydroxylation is 1. The molecule has 0 spiro atoms. The van der Waals surface area contributed by atoms with Crippen molar-refractivity contribution >= 4 is 34.8 Å². The molecule has 0 aliphatic carbocycles. The lowest BCUT2D eigenvalue weighted by molar-refractivity contribution is -0.117. The molecule has 0 aliphatic rings. The Balaban J connectivity index is 2.93. The average Bonchev–Trinajstić information content (AvgIpc) is 2.21. The second-order valence-electron chi connectivity index (χ2n) is 3.43.